The van der Waals surface area contributed by atoms with Crippen LogP contribution in [0.1, 0.15) is 38.2 Å². The zero-order valence-electron chi connectivity index (χ0n) is 20.8. The van der Waals surface area contributed by atoms with Gasteiger partial charge in [0.15, 0.2) is 0 Å². The van der Waals surface area contributed by atoms with Crippen LogP contribution in [0.4, 0.5) is 22.9 Å². The highest BCUT2D eigenvalue weighted by Gasteiger charge is 2.32. The van der Waals surface area contributed by atoms with Crippen molar-refractivity contribution in [2.24, 2.45) is 11.8 Å². The number of fused-ring (bicyclic) bond motifs is 2. The molecule has 1 aliphatic carbocycles. The van der Waals surface area contributed by atoms with E-state index < -0.39 is 0 Å². The molecule has 35 heavy (non-hydrogen) atoms. The highest BCUT2D eigenvalue weighted by molar-refractivity contribution is 5.99. The molecule has 2 aromatic rings. The van der Waals surface area contributed by atoms with Crippen molar-refractivity contribution in [2.45, 2.75) is 45.3 Å². The summed E-state index contributed by atoms with van der Waals surface area (Å²) < 4.78 is 11.2. The maximum Gasteiger partial charge on any atom is 0.227 e. The first-order chi connectivity index (χ1) is 17.0. The van der Waals surface area contributed by atoms with E-state index in [1.807, 2.05) is 17.0 Å². The summed E-state index contributed by atoms with van der Waals surface area (Å²) >= 11 is 0. The number of hydrogen-bond acceptors (Lipinski definition) is 6. The lowest BCUT2D eigenvalue weighted by molar-refractivity contribution is -0.119. The van der Waals surface area contributed by atoms with E-state index in [0.717, 1.165) is 79.6 Å². The molecule has 1 amide bonds. The third-order valence-electron chi connectivity index (χ3n) is 7.62. The van der Waals surface area contributed by atoms with Crippen molar-refractivity contribution in [2.75, 3.05) is 48.5 Å². The summed E-state index contributed by atoms with van der Waals surface area (Å²) in [6.07, 6.45) is 5.29. The van der Waals surface area contributed by atoms with Crippen LogP contribution in [0.2, 0.25) is 0 Å². The van der Waals surface area contributed by atoms with Crippen LogP contribution in [0.15, 0.2) is 48.7 Å². The summed E-state index contributed by atoms with van der Waals surface area (Å²) in [5.74, 6) is 1.85. The molecule has 7 nitrogen and oxygen atoms in total. The van der Waals surface area contributed by atoms with Gasteiger partial charge < -0.3 is 24.6 Å². The van der Waals surface area contributed by atoms with Crippen molar-refractivity contribution in [1.82, 2.24) is 4.98 Å². The van der Waals surface area contributed by atoms with E-state index in [1.54, 1.807) is 13.3 Å². The van der Waals surface area contributed by atoms with Crippen molar-refractivity contribution in [3.05, 3.63) is 54.2 Å². The fourth-order valence-electron chi connectivity index (χ4n) is 5.86. The number of rotatable bonds is 5. The number of pyridine rings is 1. The lowest BCUT2D eigenvalue weighted by atomic mass is 9.76. The molecule has 2 aliphatic heterocycles. The molecule has 1 saturated carbocycles. The summed E-state index contributed by atoms with van der Waals surface area (Å²) in [4.78, 5) is 22.5. The Kier molecular flexibility index (Phi) is 7.07. The largest absolute Gasteiger partial charge is 0.378 e. The van der Waals surface area contributed by atoms with E-state index >= 15 is 0 Å². The van der Waals surface area contributed by atoms with Crippen LogP contribution in [0.5, 0.6) is 0 Å². The summed E-state index contributed by atoms with van der Waals surface area (Å²) in [6, 6.07) is 10.3. The van der Waals surface area contributed by atoms with Crippen molar-refractivity contribution in [3.8, 4) is 0 Å². The number of hydrogen-bond donors (Lipinski definition) is 1. The standard InChI is InChI=1S/C28H36N4O3/c1-19-15-21(16-20(2)27(19)34-3)6-9-26(33)32-18-22-5-4-10-29-28(22)30-24-8-7-23(17-25(24)32)31-11-13-35-14-12-31/h4-5,7-8,10,17,20-21,27H,1,6,9,11-16,18H2,2-3H3,(H,29,30)/t20?,21?,27-/m1/s1. The number of nitrogens with zero attached hydrogens (tertiary/aromatic N) is 3. The Bertz CT molecular complexity index is 1080. The summed E-state index contributed by atoms with van der Waals surface area (Å²) in [6.45, 7) is 10.1. The molecule has 5 rings (SSSR count). The van der Waals surface area contributed by atoms with Crippen LogP contribution < -0.4 is 15.1 Å². The maximum atomic E-state index is 13.7. The van der Waals surface area contributed by atoms with Crippen LogP contribution in [-0.4, -0.2) is 50.4 Å². The number of anilines is 4. The van der Waals surface area contributed by atoms with Gasteiger partial charge in [0.1, 0.15) is 5.82 Å². The van der Waals surface area contributed by atoms with Gasteiger partial charge in [-0.15, -0.1) is 0 Å². The second-order valence-corrected chi connectivity index (χ2v) is 10.1. The summed E-state index contributed by atoms with van der Waals surface area (Å²) in [5.41, 5.74) is 5.12. The topological polar surface area (TPSA) is 66.9 Å². The van der Waals surface area contributed by atoms with Crippen LogP contribution in [0.3, 0.4) is 0 Å². The van der Waals surface area contributed by atoms with Crippen LogP contribution >= 0.6 is 0 Å². The Morgan fingerprint density at radius 1 is 1.29 bits per heavy atom. The van der Waals surface area contributed by atoms with E-state index in [1.165, 1.54) is 0 Å². The molecule has 7 heteroatoms. The van der Waals surface area contributed by atoms with Gasteiger partial charge in [0.25, 0.3) is 0 Å². The Balaban J connectivity index is 1.38. The Hall–Kier alpha value is -2.90. The zero-order valence-corrected chi connectivity index (χ0v) is 20.8. The fraction of sp³-hybridized carbons (Fsp3) is 0.500. The normalized spacial score (nSPS) is 24.3. The molecule has 3 atom stereocenters. The molecule has 1 aromatic carbocycles. The lowest BCUT2D eigenvalue weighted by Gasteiger charge is -2.35. The predicted molar refractivity (Wildman–Crippen MR) is 139 cm³/mol. The molecule has 1 N–H and O–H groups in total. The highest BCUT2D eigenvalue weighted by Crippen LogP contribution is 2.40. The number of nitrogens with one attached hydrogen (secondary N) is 1. The number of carbonyl (C=O) groups is 1. The highest BCUT2D eigenvalue weighted by atomic mass is 16.5. The van der Waals surface area contributed by atoms with E-state index in [4.69, 9.17) is 9.47 Å². The molecule has 3 aliphatic rings. The van der Waals surface area contributed by atoms with E-state index in [0.29, 0.717) is 24.8 Å². The minimum atomic E-state index is 0.133. The first-order valence-electron chi connectivity index (χ1n) is 12.7. The molecule has 3 heterocycles. The van der Waals surface area contributed by atoms with Crippen molar-refractivity contribution < 1.29 is 14.3 Å². The summed E-state index contributed by atoms with van der Waals surface area (Å²) in [5, 5.41) is 3.47. The van der Waals surface area contributed by atoms with Gasteiger partial charge in [0, 0.05) is 44.1 Å². The van der Waals surface area contributed by atoms with Gasteiger partial charge in [-0.25, -0.2) is 4.98 Å². The van der Waals surface area contributed by atoms with Crippen molar-refractivity contribution in [1.29, 1.82) is 0 Å². The van der Waals surface area contributed by atoms with Gasteiger partial charge in [-0.2, -0.15) is 0 Å². The molecular weight excluding hydrogens is 440 g/mol. The quantitative estimate of drug-likeness (QED) is 0.619. The number of ether oxygens (including phenoxy) is 2. The first-order valence-corrected chi connectivity index (χ1v) is 12.7. The van der Waals surface area contributed by atoms with Crippen LogP contribution in [-0.2, 0) is 20.8 Å². The number of benzene rings is 1. The number of aromatic nitrogens is 1. The van der Waals surface area contributed by atoms with Crippen molar-refractivity contribution in [3.63, 3.8) is 0 Å². The SMILES string of the molecule is C=C1CC(CCC(=O)N2Cc3cccnc3Nc3ccc(N4CCOCC4)cc32)CC(C)[C@@H]1OC. The monoisotopic (exact) mass is 476 g/mol. The van der Waals surface area contributed by atoms with Gasteiger partial charge in [-0.3, -0.25) is 4.79 Å². The molecule has 1 saturated heterocycles. The van der Waals surface area contributed by atoms with Gasteiger partial charge in [0.05, 0.1) is 37.2 Å². The smallest absolute Gasteiger partial charge is 0.227 e. The molecule has 0 spiro atoms. The van der Waals surface area contributed by atoms with Gasteiger partial charge in [0.2, 0.25) is 5.91 Å². The Labute approximate surface area is 208 Å². The lowest BCUT2D eigenvalue weighted by Crippen LogP contribution is -2.36. The van der Waals surface area contributed by atoms with Crippen LogP contribution in [0.25, 0.3) is 0 Å². The number of methoxy groups -OCH3 is 1. The van der Waals surface area contributed by atoms with Gasteiger partial charge in [-0.1, -0.05) is 19.6 Å². The third-order valence-corrected chi connectivity index (χ3v) is 7.62. The average Bonchev–Trinajstić information content (AvgIpc) is 3.04. The molecule has 186 valence electrons. The van der Waals surface area contributed by atoms with Gasteiger partial charge >= 0.3 is 0 Å². The number of morpholine rings is 1. The predicted octanol–water partition coefficient (Wildman–Crippen LogP) is 4.91. The van der Waals surface area contributed by atoms with Crippen LogP contribution in [0, 0.1) is 11.8 Å². The minimum Gasteiger partial charge on any atom is -0.378 e. The van der Waals surface area contributed by atoms with E-state index in [9.17, 15) is 4.79 Å². The summed E-state index contributed by atoms with van der Waals surface area (Å²) in [7, 11) is 1.76. The number of carbonyl (C=O) groups excluding carboxylic acids is 1. The van der Waals surface area contributed by atoms with Gasteiger partial charge in [-0.05, 0) is 60.9 Å². The fourth-order valence-corrected chi connectivity index (χ4v) is 5.86. The third kappa shape index (κ3) is 5.07. The first kappa shape index (κ1) is 23.8. The zero-order chi connectivity index (χ0) is 24.4. The molecule has 2 unspecified atom stereocenters. The second-order valence-electron chi connectivity index (χ2n) is 10.1. The Morgan fingerprint density at radius 2 is 2.11 bits per heavy atom. The molecule has 2 fully saturated rings. The van der Waals surface area contributed by atoms with E-state index in [-0.39, 0.29) is 12.0 Å². The molecule has 0 radical (unpaired) electrons. The molecule has 0 bridgehead atoms. The second kappa shape index (κ2) is 10.4. The Morgan fingerprint density at radius 3 is 2.89 bits per heavy atom. The molecular formula is C28H36N4O3. The minimum absolute atomic E-state index is 0.133. The molecule has 1 aromatic heterocycles. The maximum absolute atomic E-state index is 13.7. The average molecular weight is 477 g/mol. The number of amides is 1. The van der Waals surface area contributed by atoms with Crippen molar-refractivity contribution >= 4 is 28.8 Å². The van der Waals surface area contributed by atoms with E-state index in [2.05, 4.69) is 46.9 Å².